The Kier molecular flexibility index (Phi) is 4.70. The Labute approximate surface area is 134 Å². The molecule has 21 heavy (non-hydrogen) atoms. The second-order valence-electron chi connectivity index (χ2n) is 5.47. The van der Waals surface area contributed by atoms with Crippen molar-refractivity contribution in [3.63, 3.8) is 0 Å². The summed E-state index contributed by atoms with van der Waals surface area (Å²) in [6.45, 7) is 0. The Morgan fingerprint density at radius 2 is 1.95 bits per heavy atom. The Morgan fingerprint density at radius 1 is 1.19 bits per heavy atom. The van der Waals surface area contributed by atoms with Crippen molar-refractivity contribution in [3.05, 3.63) is 29.3 Å². The molecule has 0 bridgehead atoms. The van der Waals surface area contributed by atoms with Gasteiger partial charge in [0, 0.05) is 11.3 Å². The maximum absolute atomic E-state index is 6.20. The average Bonchev–Trinajstić information content (AvgIpc) is 2.88. The smallest absolute Gasteiger partial charge is 0.210 e. The molecule has 2 aromatic rings. The zero-order valence-electron chi connectivity index (χ0n) is 11.8. The molecule has 6 heteroatoms. The van der Waals surface area contributed by atoms with E-state index in [-0.39, 0.29) is 0 Å². The van der Waals surface area contributed by atoms with E-state index in [0.717, 1.165) is 22.4 Å². The van der Waals surface area contributed by atoms with Gasteiger partial charge in [0.25, 0.3) is 0 Å². The number of nitrogens with two attached hydrogens (primary N) is 1. The molecule has 0 aliphatic heterocycles. The standard InChI is InChI=1S/C15H19ClN4S/c16-13-9-5-4-8-12(13)14-18-19-15(20(14)17)21-10-11-6-2-1-3-7-11/h4-5,8-9,11H,1-3,6-7,10,17H2. The van der Waals surface area contributed by atoms with Crippen LogP contribution in [0.1, 0.15) is 32.1 Å². The first-order valence-corrected chi connectivity index (χ1v) is 8.70. The molecule has 1 aromatic heterocycles. The van der Waals surface area contributed by atoms with E-state index >= 15 is 0 Å². The van der Waals surface area contributed by atoms with E-state index in [0.29, 0.717) is 10.8 Å². The lowest BCUT2D eigenvalue weighted by Gasteiger charge is -2.20. The highest BCUT2D eigenvalue weighted by molar-refractivity contribution is 7.99. The van der Waals surface area contributed by atoms with Crippen molar-refractivity contribution >= 4 is 23.4 Å². The van der Waals surface area contributed by atoms with Crippen molar-refractivity contribution in [2.24, 2.45) is 5.92 Å². The fourth-order valence-electron chi connectivity index (χ4n) is 2.75. The van der Waals surface area contributed by atoms with Crippen LogP contribution in [0.15, 0.2) is 29.4 Å². The lowest BCUT2D eigenvalue weighted by Crippen LogP contribution is -2.13. The van der Waals surface area contributed by atoms with Crippen LogP contribution in [0.4, 0.5) is 0 Å². The fourth-order valence-corrected chi connectivity index (χ4v) is 4.01. The molecular formula is C15H19ClN4S. The first kappa shape index (κ1) is 14.7. The van der Waals surface area contributed by atoms with Crippen LogP contribution in [0.2, 0.25) is 5.02 Å². The number of thioether (sulfide) groups is 1. The van der Waals surface area contributed by atoms with Gasteiger partial charge in [0.05, 0.1) is 5.02 Å². The van der Waals surface area contributed by atoms with Crippen LogP contribution in [0.5, 0.6) is 0 Å². The molecule has 1 fully saturated rings. The molecule has 112 valence electrons. The zero-order chi connectivity index (χ0) is 14.7. The van der Waals surface area contributed by atoms with Gasteiger partial charge in [-0.2, -0.15) is 0 Å². The van der Waals surface area contributed by atoms with Gasteiger partial charge in [-0.05, 0) is 30.9 Å². The Hall–Kier alpha value is -1.20. The van der Waals surface area contributed by atoms with Crippen LogP contribution in [-0.4, -0.2) is 20.6 Å². The number of hydrogen-bond donors (Lipinski definition) is 1. The van der Waals surface area contributed by atoms with Crippen molar-refractivity contribution in [2.75, 3.05) is 11.6 Å². The summed E-state index contributed by atoms with van der Waals surface area (Å²) < 4.78 is 1.55. The predicted molar refractivity (Wildman–Crippen MR) is 87.9 cm³/mol. The number of nitrogens with zero attached hydrogens (tertiary/aromatic N) is 3. The predicted octanol–water partition coefficient (Wildman–Crippen LogP) is 3.98. The highest BCUT2D eigenvalue weighted by atomic mass is 35.5. The normalized spacial score (nSPS) is 16.2. The Morgan fingerprint density at radius 3 is 2.71 bits per heavy atom. The van der Waals surface area contributed by atoms with E-state index in [1.807, 2.05) is 24.3 Å². The van der Waals surface area contributed by atoms with Gasteiger partial charge >= 0.3 is 0 Å². The monoisotopic (exact) mass is 322 g/mol. The second-order valence-corrected chi connectivity index (χ2v) is 6.87. The molecule has 0 saturated heterocycles. The topological polar surface area (TPSA) is 56.7 Å². The molecule has 3 rings (SSSR count). The number of hydrogen-bond acceptors (Lipinski definition) is 4. The van der Waals surface area contributed by atoms with Crippen LogP contribution in [0.3, 0.4) is 0 Å². The van der Waals surface area contributed by atoms with Crippen molar-refractivity contribution < 1.29 is 0 Å². The number of rotatable bonds is 4. The molecule has 0 radical (unpaired) electrons. The van der Waals surface area contributed by atoms with E-state index in [4.69, 9.17) is 17.4 Å². The van der Waals surface area contributed by atoms with Crippen LogP contribution in [0, 0.1) is 5.92 Å². The summed E-state index contributed by atoms with van der Waals surface area (Å²) >= 11 is 7.89. The quantitative estimate of drug-likeness (QED) is 0.683. The number of halogens is 1. The largest absolute Gasteiger partial charge is 0.335 e. The summed E-state index contributed by atoms with van der Waals surface area (Å²) in [6.07, 6.45) is 6.73. The van der Waals surface area contributed by atoms with E-state index in [1.54, 1.807) is 16.4 Å². The second kappa shape index (κ2) is 6.71. The van der Waals surface area contributed by atoms with Gasteiger partial charge in [0.15, 0.2) is 5.82 Å². The van der Waals surface area contributed by atoms with Crippen LogP contribution < -0.4 is 5.84 Å². The third kappa shape index (κ3) is 3.35. The summed E-state index contributed by atoms with van der Waals surface area (Å²) in [4.78, 5) is 0. The van der Waals surface area contributed by atoms with E-state index in [2.05, 4.69) is 10.2 Å². The molecule has 0 unspecified atom stereocenters. The molecule has 1 heterocycles. The third-order valence-electron chi connectivity index (χ3n) is 3.95. The maximum atomic E-state index is 6.20. The minimum atomic E-state index is 0.617. The molecule has 1 aromatic carbocycles. The molecule has 1 aliphatic carbocycles. The summed E-state index contributed by atoms with van der Waals surface area (Å²) in [7, 11) is 0. The Bertz CT molecular complexity index is 607. The molecule has 0 amide bonds. The van der Waals surface area contributed by atoms with E-state index < -0.39 is 0 Å². The average molecular weight is 323 g/mol. The lowest BCUT2D eigenvalue weighted by molar-refractivity contribution is 0.390. The summed E-state index contributed by atoms with van der Waals surface area (Å²) in [5, 5.41) is 9.80. The number of nitrogen functional groups attached to an aromatic ring is 1. The zero-order valence-corrected chi connectivity index (χ0v) is 13.4. The molecule has 1 saturated carbocycles. The number of aromatic nitrogens is 3. The third-order valence-corrected chi connectivity index (χ3v) is 5.46. The fraction of sp³-hybridized carbons (Fsp3) is 0.467. The van der Waals surface area contributed by atoms with Gasteiger partial charge in [0.1, 0.15) is 0 Å². The highest BCUT2D eigenvalue weighted by Crippen LogP contribution is 2.31. The summed E-state index contributed by atoms with van der Waals surface area (Å²) in [5.41, 5.74) is 0.818. The molecular weight excluding hydrogens is 304 g/mol. The highest BCUT2D eigenvalue weighted by Gasteiger charge is 2.18. The minimum absolute atomic E-state index is 0.617. The van der Waals surface area contributed by atoms with Crippen LogP contribution in [0.25, 0.3) is 11.4 Å². The van der Waals surface area contributed by atoms with Crippen LogP contribution >= 0.6 is 23.4 Å². The van der Waals surface area contributed by atoms with E-state index in [9.17, 15) is 0 Å². The first-order chi connectivity index (χ1) is 10.3. The molecule has 2 N–H and O–H groups in total. The summed E-state index contributed by atoms with van der Waals surface area (Å²) in [5.74, 6) is 8.60. The van der Waals surface area contributed by atoms with Gasteiger partial charge in [0.2, 0.25) is 5.16 Å². The van der Waals surface area contributed by atoms with Crippen molar-refractivity contribution in [3.8, 4) is 11.4 Å². The van der Waals surface area contributed by atoms with E-state index in [1.165, 1.54) is 32.1 Å². The minimum Gasteiger partial charge on any atom is -0.335 e. The van der Waals surface area contributed by atoms with Gasteiger partial charge in [-0.3, -0.25) is 0 Å². The van der Waals surface area contributed by atoms with Gasteiger partial charge in [-0.15, -0.1) is 10.2 Å². The lowest BCUT2D eigenvalue weighted by atomic mass is 9.91. The van der Waals surface area contributed by atoms with Crippen molar-refractivity contribution in [2.45, 2.75) is 37.3 Å². The summed E-state index contributed by atoms with van der Waals surface area (Å²) in [6, 6.07) is 7.55. The number of benzene rings is 1. The van der Waals surface area contributed by atoms with Gasteiger partial charge < -0.3 is 5.84 Å². The molecule has 0 atom stereocenters. The molecule has 4 nitrogen and oxygen atoms in total. The SMILES string of the molecule is Nn1c(SCC2CCCCC2)nnc1-c1ccccc1Cl. The van der Waals surface area contributed by atoms with Crippen LogP contribution in [-0.2, 0) is 0 Å². The maximum Gasteiger partial charge on any atom is 0.210 e. The first-order valence-electron chi connectivity index (χ1n) is 7.34. The van der Waals surface area contributed by atoms with Crippen molar-refractivity contribution in [1.29, 1.82) is 0 Å². The van der Waals surface area contributed by atoms with Gasteiger partial charge in [-0.1, -0.05) is 54.8 Å². The molecule has 1 aliphatic rings. The van der Waals surface area contributed by atoms with Crippen molar-refractivity contribution in [1.82, 2.24) is 14.9 Å². The van der Waals surface area contributed by atoms with Gasteiger partial charge in [-0.25, -0.2) is 4.68 Å². The Balaban J connectivity index is 1.72. The molecule has 0 spiro atoms.